The fraction of sp³-hybridized carbons (Fsp3) is 0.667. The molecule has 1 aliphatic carbocycles. The van der Waals surface area contributed by atoms with Gasteiger partial charge in [-0.15, -0.1) is 0 Å². The molecule has 18 heavy (non-hydrogen) atoms. The molecule has 100 valence electrons. The number of rotatable bonds is 4. The molecule has 0 saturated heterocycles. The maximum Gasteiger partial charge on any atom is 0.142 e. The van der Waals surface area contributed by atoms with E-state index in [2.05, 4.69) is 11.9 Å². The van der Waals surface area contributed by atoms with Crippen molar-refractivity contribution in [2.45, 2.75) is 58.6 Å². The van der Waals surface area contributed by atoms with Gasteiger partial charge in [-0.3, -0.25) is 4.98 Å². The molecule has 0 aromatic carbocycles. The van der Waals surface area contributed by atoms with Crippen LogP contribution < -0.4 is 10.5 Å². The average Bonchev–Trinajstić information content (AvgIpc) is 2.41. The first-order chi connectivity index (χ1) is 8.72. The third kappa shape index (κ3) is 3.22. The number of aromatic nitrogens is 1. The average molecular weight is 248 g/mol. The van der Waals surface area contributed by atoms with Gasteiger partial charge in [-0.25, -0.2) is 0 Å². The van der Waals surface area contributed by atoms with Gasteiger partial charge in [0.25, 0.3) is 0 Å². The number of pyridine rings is 1. The number of nitrogens with two attached hydrogens (primary N) is 1. The molecule has 0 amide bonds. The van der Waals surface area contributed by atoms with Gasteiger partial charge in [0.2, 0.25) is 0 Å². The van der Waals surface area contributed by atoms with Crippen LogP contribution in [0.1, 0.15) is 50.4 Å². The van der Waals surface area contributed by atoms with Crippen LogP contribution in [-0.4, -0.2) is 11.1 Å². The number of hydrogen-bond donors (Lipinski definition) is 1. The number of aryl methyl sites for hydroxylation is 1. The summed E-state index contributed by atoms with van der Waals surface area (Å²) in [6.45, 7) is 4.71. The molecule has 0 radical (unpaired) electrons. The topological polar surface area (TPSA) is 48.1 Å². The Morgan fingerprint density at radius 1 is 1.28 bits per heavy atom. The largest absolute Gasteiger partial charge is 0.488 e. The number of nitrogens with zero attached hydrogens (tertiary/aromatic N) is 1. The Bertz CT molecular complexity index is 384. The van der Waals surface area contributed by atoms with Crippen molar-refractivity contribution >= 4 is 0 Å². The third-order valence-corrected chi connectivity index (χ3v) is 3.93. The molecule has 0 spiro atoms. The molecule has 0 unspecified atom stereocenters. The van der Waals surface area contributed by atoms with Crippen LogP contribution in [0.4, 0.5) is 0 Å². The second kappa shape index (κ2) is 6.19. The van der Waals surface area contributed by atoms with Crippen molar-refractivity contribution in [3.63, 3.8) is 0 Å². The summed E-state index contributed by atoms with van der Waals surface area (Å²) >= 11 is 0. The van der Waals surface area contributed by atoms with E-state index in [1.807, 2.05) is 19.1 Å². The summed E-state index contributed by atoms with van der Waals surface area (Å²) in [7, 11) is 0. The Morgan fingerprint density at radius 3 is 2.61 bits per heavy atom. The fourth-order valence-electron chi connectivity index (χ4n) is 2.69. The lowest BCUT2D eigenvalue weighted by Crippen LogP contribution is -2.24. The van der Waals surface area contributed by atoms with Gasteiger partial charge >= 0.3 is 0 Å². The van der Waals surface area contributed by atoms with Gasteiger partial charge in [0.05, 0.1) is 11.8 Å². The zero-order valence-electron chi connectivity index (χ0n) is 11.5. The Balaban J connectivity index is 1.97. The fourth-order valence-corrected chi connectivity index (χ4v) is 2.69. The Kier molecular flexibility index (Phi) is 4.59. The predicted octanol–water partition coefficient (Wildman–Crippen LogP) is 3.20. The van der Waals surface area contributed by atoms with Crippen LogP contribution in [0.3, 0.4) is 0 Å². The summed E-state index contributed by atoms with van der Waals surface area (Å²) in [6, 6.07) is 4.00. The van der Waals surface area contributed by atoms with Gasteiger partial charge < -0.3 is 10.5 Å². The minimum atomic E-state index is 0.350. The van der Waals surface area contributed by atoms with Crippen molar-refractivity contribution in [1.82, 2.24) is 4.98 Å². The van der Waals surface area contributed by atoms with Crippen molar-refractivity contribution < 1.29 is 4.74 Å². The highest BCUT2D eigenvalue weighted by molar-refractivity contribution is 5.29. The lowest BCUT2D eigenvalue weighted by Gasteiger charge is -2.28. The first-order valence-corrected chi connectivity index (χ1v) is 7.06. The van der Waals surface area contributed by atoms with Crippen molar-refractivity contribution in [1.29, 1.82) is 0 Å². The molecule has 2 N–H and O–H groups in total. The monoisotopic (exact) mass is 248 g/mol. The molecule has 1 aromatic heterocycles. The highest BCUT2D eigenvalue weighted by Gasteiger charge is 2.22. The van der Waals surface area contributed by atoms with E-state index >= 15 is 0 Å². The molecule has 1 fully saturated rings. The van der Waals surface area contributed by atoms with Crippen LogP contribution in [0.2, 0.25) is 0 Å². The molecule has 3 nitrogen and oxygen atoms in total. The number of ether oxygens (including phenoxy) is 1. The summed E-state index contributed by atoms with van der Waals surface area (Å²) in [5.74, 6) is 1.78. The van der Waals surface area contributed by atoms with Crippen LogP contribution in [0.5, 0.6) is 5.75 Å². The van der Waals surface area contributed by atoms with Crippen molar-refractivity contribution in [2.75, 3.05) is 0 Å². The third-order valence-electron chi connectivity index (χ3n) is 3.93. The Hall–Kier alpha value is -1.09. The molecule has 3 heteroatoms. The van der Waals surface area contributed by atoms with Gasteiger partial charge in [-0.2, -0.15) is 0 Å². The van der Waals surface area contributed by atoms with Crippen LogP contribution >= 0.6 is 0 Å². The summed E-state index contributed by atoms with van der Waals surface area (Å²) in [4.78, 5) is 4.44. The molecular weight excluding hydrogens is 224 g/mol. The van der Waals surface area contributed by atoms with Crippen LogP contribution in [0.25, 0.3) is 0 Å². The summed E-state index contributed by atoms with van der Waals surface area (Å²) in [5, 5.41) is 0. The summed E-state index contributed by atoms with van der Waals surface area (Å²) in [6.07, 6.45) is 6.55. The second-order valence-electron chi connectivity index (χ2n) is 5.27. The summed E-state index contributed by atoms with van der Waals surface area (Å²) in [5.41, 5.74) is 7.61. The number of hydrogen-bond acceptors (Lipinski definition) is 3. The lowest BCUT2D eigenvalue weighted by atomic mass is 9.86. The van der Waals surface area contributed by atoms with E-state index in [1.54, 1.807) is 0 Å². The van der Waals surface area contributed by atoms with Crippen LogP contribution in [-0.2, 0) is 6.54 Å². The van der Waals surface area contributed by atoms with Crippen molar-refractivity contribution in [2.24, 2.45) is 11.7 Å². The van der Waals surface area contributed by atoms with E-state index in [-0.39, 0.29) is 0 Å². The van der Waals surface area contributed by atoms with E-state index in [1.165, 1.54) is 19.3 Å². The van der Waals surface area contributed by atoms with Crippen LogP contribution in [0, 0.1) is 12.8 Å². The first-order valence-electron chi connectivity index (χ1n) is 7.06. The van der Waals surface area contributed by atoms with Crippen LogP contribution in [0.15, 0.2) is 12.1 Å². The highest BCUT2D eigenvalue weighted by atomic mass is 16.5. The maximum absolute atomic E-state index is 6.08. The quantitative estimate of drug-likeness (QED) is 0.890. The van der Waals surface area contributed by atoms with Gasteiger partial charge in [0.1, 0.15) is 5.75 Å². The van der Waals surface area contributed by atoms with E-state index in [9.17, 15) is 0 Å². The van der Waals surface area contributed by atoms with E-state index in [0.717, 1.165) is 35.9 Å². The SMILES string of the molecule is CCC1CCC(Oc2ccc(C)nc2CN)CC1. The van der Waals surface area contributed by atoms with Gasteiger partial charge in [0.15, 0.2) is 0 Å². The maximum atomic E-state index is 6.08. The van der Waals surface area contributed by atoms with E-state index in [0.29, 0.717) is 12.6 Å². The van der Waals surface area contributed by atoms with Crippen molar-refractivity contribution in [3.8, 4) is 5.75 Å². The first kappa shape index (κ1) is 13.3. The normalized spacial score (nSPS) is 23.9. The van der Waals surface area contributed by atoms with E-state index < -0.39 is 0 Å². The Morgan fingerprint density at radius 2 is 2.00 bits per heavy atom. The second-order valence-corrected chi connectivity index (χ2v) is 5.27. The van der Waals surface area contributed by atoms with Gasteiger partial charge in [0, 0.05) is 12.2 Å². The molecule has 1 heterocycles. The lowest BCUT2D eigenvalue weighted by molar-refractivity contribution is 0.128. The van der Waals surface area contributed by atoms with Gasteiger partial charge in [-0.1, -0.05) is 13.3 Å². The van der Waals surface area contributed by atoms with Gasteiger partial charge in [-0.05, 0) is 50.7 Å². The Labute approximate surface area is 110 Å². The predicted molar refractivity (Wildman–Crippen MR) is 73.5 cm³/mol. The zero-order chi connectivity index (χ0) is 13.0. The zero-order valence-corrected chi connectivity index (χ0v) is 11.5. The minimum absolute atomic E-state index is 0.350. The molecule has 0 aliphatic heterocycles. The molecular formula is C15H24N2O. The minimum Gasteiger partial charge on any atom is -0.488 e. The molecule has 0 bridgehead atoms. The highest BCUT2D eigenvalue weighted by Crippen LogP contribution is 2.30. The molecule has 1 aliphatic rings. The van der Waals surface area contributed by atoms with Crippen molar-refractivity contribution in [3.05, 3.63) is 23.5 Å². The summed E-state index contributed by atoms with van der Waals surface area (Å²) < 4.78 is 6.08. The smallest absolute Gasteiger partial charge is 0.142 e. The molecule has 0 atom stereocenters. The molecule has 1 saturated carbocycles. The molecule has 1 aromatic rings. The van der Waals surface area contributed by atoms with E-state index in [4.69, 9.17) is 10.5 Å². The standard InChI is InChI=1S/C15H24N2O/c1-3-12-5-7-13(8-6-12)18-15-9-4-11(2)17-14(15)10-16/h4,9,12-13H,3,5-8,10,16H2,1-2H3. The molecule has 2 rings (SSSR count).